The number of nitrogens with one attached hydrogen (secondary N) is 2. The Morgan fingerprint density at radius 2 is 1.67 bits per heavy atom. The fourth-order valence-electron chi connectivity index (χ4n) is 4.05. The Morgan fingerprint density at radius 1 is 0.879 bits per heavy atom. The predicted molar refractivity (Wildman–Crippen MR) is 135 cm³/mol. The minimum absolute atomic E-state index is 0.242. The van der Waals surface area contributed by atoms with E-state index in [0.717, 1.165) is 45.9 Å². The molecule has 0 aliphatic heterocycles. The van der Waals surface area contributed by atoms with Crippen LogP contribution in [0.1, 0.15) is 27.3 Å². The van der Waals surface area contributed by atoms with E-state index in [2.05, 4.69) is 28.5 Å². The molecular weight excluding hydrogens is 453 g/mol. The molecule has 0 aliphatic rings. The van der Waals surface area contributed by atoms with E-state index in [1.165, 1.54) is 5.56 Å². The van der Waals surface area contributed by atoms with Crippen LogP contribution in [0.25, 0.3) is 21.8 Å². The van der Waals surface area contributed by atoms with Gasteiger partial charge in [0.05, 0.1) is 11.2 Å². The number of hydrogen-bond acceptors (Lipinski definition) is 2. The second kappa shape index (κ2) is 9.26. The van der Waals surface area contributed by atoms with Gasteiger partial charge in [-0.2, -0.15) is 0 Å². The fraction of sp³-hybridized carbons (Fsp3) is 0.111. The first kappa shape index (κ1) is 21.5. The van der Waals surface area contributed by atoms with Gasteiger partial charge >= 0.3 is 0 Å². The summed E-state index contributed by atoms with van der Waals surface area (Å²) in [4.78, 5) is 21.3. The van der Waals surface area contributed by atoms with E-state index in [1.54, 1.807) is 12.1 Å². The van der Waals surface area contributed by atoms with Gasteiger partial charge in [0.25, 0.3) is 5.91 Å². The second-order valence-electron chi connectivity index (χ2n) is 7.95. The van der Waals surface area contributed by atoms with Gasteiger partial charge in [-0.3, -0.25) is 4.79 Å². The highest BCUT2D eigenvalue weighted by atomic mass is 35.5. The predicted octanol–water partition coefficient (Wildman–Crippen LogP) is 6.74. The van der Waals surface area contributed by atoms with Gasteiger partial charge in [-0.25, -0.2) is 4.98 Å². The number of amides is 1. The summed E-state index contributed by atoms with van der Waals surface area (Å²) >= 11 is 12.2. The van der Waals surface area contributed by atoms with Gasteiger partial charge in [0.15, 0.2) is 0 Å². The number of aromatic amines is 1. The van der Waals surface area contributed by atoms with Crippen molar-refractivity contribution in [1.29, 1.82) is 0 Å². The number of carbonyl (C=O) groups excluding carboxylic acids is 1. The number of fused-ring (bicyclic) bond motifs is 3. The van der Waals surface area contributed by atoms with Crippen LogP contribution >= 0.6 is 23.2 Å². The average molecular weight is 474 g/mol. The van der Waals surface area contributed by atoms with Crippen LogP contribution in [0.2, 0.25) is 10.0 Å². The van der Waals surface area contributed by atoms with Crippen molar-refractivity contribution >= 4 is 50.9 Å². The lowest BCUT2D eigenvalue weighted by Crippen LogP contribution is -2.24. The molecule has 0 bridgehead atoms. The van der Waals surface area contributed by atoms with Crippen molar-refractivity contribution in [3.63, 3.8) is 0 Å². The number of aromatic nitrogens is 2. The van der Waals surface area contributed by atoms with Crippen LogP contribution in [0, 0.1) is 0 Å². The first-order valence-corrected chi connectivity index (χ1v) is 11.5. The van der Waals surface area contributed by atoms with Gasteiger partial charge in [0.2, 0.25) is 0 Å². The number of rotatable bonds is 6. The van der Waals surface area contributed by atoms with E-state index < -0.39 is 0 Å². The molecule has 3 aromatic carbocycles. The molecule has 5 rings (SSSR count). The van der Waals surface area contributed by atoms with Crippen molar-refractivity contribution < 1.29 is 4.79 Å². The quantitative estimate of drug-likeness (QED) is 0.286. The molecule has 0 aliphatic carbocycles. The summed E-state index contributed by atoms with van der Waals surface area (Å²) in [6.45, 7) is 0.293. The molecule has 2 heterocycles. The monoisotopic (exact) mass is 473 g/mol. The molecule has 0 saturated heterocycles. The molecule has 2 N–H and O–H groups in total. The summed E-state index contributed by atoms with van der Waals surface area (Å²) in [7, 11) is 0. The van der Waals surface area contributed by atoms with Crippen LogP contribution < -0.4 is 5.32 Å². The molecule has 6 heteroatoms. The van der Waals surface area contributed by atoms with E-state index >= 15 is 0 Å². The molecule has 0 fully saturated rings. The lowest BCUT2D eigenvalue weighted by Gasteiger charge is -2.10. The molecule has 1 amide bonds. The maximum atomic E-state index is 13.1. The van der Waals surface area contributed by atoms with E-state index in [0.29, 0.717) is 22.3 Å². The summed E-state index contributed by atoms with van der Waals surface area (Å²) in [5.41, 5.74) is 5.30. The van der Waals surface area contributed by atoms with Gasteiger partial charge in [0.1, 0.15) is 5.69 Å². The molecule has 164 valence electrons. The van der Waals surface area contributed by atoms with Crippen molar-refractivity contribution in [3.8, 4) is 0 Å². The number of carbonyl (C=O) groups is 1. The summed E-state index contributed by atoms with van der Waals surface area (Å²) in [6.07, 6.45) is 1.56. The maximum Gasteiger partial charge on any atom is 0.270 e. The zero-order valence-electron chi connectivity index (χ0n) is 17.7. The molecular formula is C27H21Cl2N3O. The lowest BCUT2D eigenvalue weighted by molar-refractivity contribution is 0.0946. The van der Waals surface area contributed by atoms with E-state index in [4.69, 9.17) is 28.2 Å². The van der Waals surface area contributed by atoms with Crippen molar-refractivity contribution in [1.82, 2.24) is 15.3 Å². The minimum Gasteiger partial charge on any atom is -0.353 e. The first-order chi connectivity index (χ1) is 16.1. The Morgan fingerprint density at radius 3 is 2.48 bits per heavy atom. The van der Waals surface area contributed by atoms with Crippen molar-refractivity contribution in [2.45, 2.75) is 19.4 Å². The molecule has 0 radical (unpaired) electrons. The Balaban J connectivity index is 1.48. The number of hydrogen-bond donors (Lipinski definition) is 2. The van der Waals surface area contributed by atoms with Crippen LogP contribution in [0.4, 0.5) is 0 Å². The van der Waals surface area contributed by atoms with Crippen LogP contribution in [0.15, 0.2) is 78.9 Å². The standard InChI is InChI=1S/C27H21Cl2N3O/c28-19-12-11-18(22(29)14-19)16-30-27(33)25-15-21-20-8-4-5-9-23(20)32-26(21)24(31-25)13-10-17-6-2-1-3-7-17/h1-9,11-12,14-15,32H,10,13,16H2,(H,30,33). The van der Waals surface area contributed by atoms with Gasteiger partial charge in [-0.05, 0) is 48.2 Å². The van der Waals surface area contributed by atoms with E-state index in [-0.39, 0.29) is 5.91 Å². The fourth-order valence-corrected chi connectivity index (χ4v) is 4.52. The normalized spacial score (nSPS) is 11.2. The van der Waals surface area contributed by atoms with Gasteiger partial charge in [-0.15, -0.1) is 0 Å². The topological polar surface area (TPSA) is 57.8 Å². The molecule has 0 spiro atoms. The lowest BCUT2D eigenvalue weighted by atomic mass is 10.1. The van der Waals surface area contributed by atoms with Crippen LogP contribution in [-0.4, -0.2) is 15.9 Å². The average Bonchev–Trinajstić information content (AvgIpc) is 3.21. The van der Waals surface area contributed by atoms with Crippen molar-refractivity contribution in [2.24, 2.45) is 0 Å². The maximum absolute atomic E-state index is 13.1. The summed E-state index contributed by atoms with van der Waals surface area (Å²) in [6, 6.07) is 25.5. The van der Waals surface area contributed by atoms with E-state index in [1.807, 2.05) is 48.5 Å². The van der Waals surface area contributed by atoms with Crippen LogP contribution in [0.3, 0.4) is 0 Å². The SMILES string of the molecule is O=C(NCc1ccc(Cl)cc1Cl)c1cc2c([nH]c3ccccc32)c(CCc2ccccc2)n1. The van der Waals surface area contributed by atoms with Crippen LogP contribution in [0.5, 0.6) is 0 Å². The highest BCUT2D eigenvalue weighted by molar-refractivity contribution is 6.35. The summed E-state index contributed by atoms with van der Waals surface area (Å²) in [5.74, 6) is -0.242. The largest absolute Gasteiger partial charge is 0.353 e. The zero-order chi connectivity index (χ0) is 22.8. The van der Waals surface area contributed by atoms with Crippen molar-refractivity contribution in [3.05, 3.63) is 111 Å². The van der Waals surface area contributed by atoms with E-state index in [9.17, 15) is 4.79 Å². The minimum atomic E-state index is -0.242. The number of para-hydroxylation sites is 1. The Kier molecular flexibility index (Phi) is 6.03. The van der Waals surface area contributed by atoms with Gasteiger partial charge in [-0.1, -0.05) is 77.8 Å². The summed E-state index contributed by atoms with van der Waals surface area (Å²) in [5, 5.41) is 6.10. The second-order valence-corrected chi connectivity index (χ2v) is 8.79. The van der Waals surface area contributed by atoms with Crippen molar-refractivity contribution in [2.75, 3.05) is 0 Å². The number of benzene rings is 3. The van der Waals surface area contributed by atoms with Crippen LogP contribution in [-0.2, 0) is 19.4 Å². The number of nitrogens with zero attached hydrogens (tertiary/aromatic N) is 1. The molecule has 33 heavy (non-hydrogen) atoms. The zero-order valence-corrected chi connectivity index (χ0v) is 19.3. The highest BCUT2D eigenvalue weighted by Gasteiger charge is 2.16. The Hall–Kier alpha value is -3.34. The molecule has 0 unspecified atom stereocenters. The Bertz CT molecular complexity index is 1460. The molecule has 2 aromatic heterocycles. The third-order valence-corrected chi connectivity index (χ3v) is 6.34. The van der Waals surface area contributed by atoms with Gasteiger partial charge in [0, 0.05) is 32.9 Å². The third-order valence-electron chi connectivity index (χ3n) is 5.75. The van der Waals surface area contributed by atoms with Gasteiger partial charge < -0.3 is 10.3 Å². The third kappa shape index (κ3) is 4.58. The Labute approximate surface area is 201 Å². The highest BCUT2D eigenvalue weighted by Crippen LogP contribution is 2.28. The first-order valence-electron chi connectivity index (χ1n) is 10.7. The number of aryl methyl sites for hydroxylation is 2. The smallest absolute Gasteiger partial charge is 0.270 e. The molecule has 0 atom stereocenters. The number of H-pyrrole nitrogens is 1. The number of pyridine rings is 1. The summed E-state index contributed by atoms with van der Waals surface area (Å²) < 4.78 is 0. The molecule has 0 saturated carbocycles. The molecule has 5 aromatic rings. The number of halogens is 2. The molecule has 4 nitrogen and oxygen atoms in total.